The van der Waals surface area contributed by atoms with Crippen LogP contribution in [0, 0.1) is 17.8 Å². The van der Waals surface area contributed by atoms with E-state index in [-0.39, 0.29) is 5.60 Å². The van der Waals surface area contributed by atoms with Crippen molar-refractivity contribution in [2.45, 2.75) is 25.9 Å². The number of rotatable bonds is 0. The largest absolute Gasteiger partial charge is 0.487 e. The fourth-order valence-corrected chi connectivity index (χ4v) is 1.53. The van der Waals surface area contributed by atoms with E-state index in [1.54, 1.807) is 6.07 Å². The number of fused-ring (bicyclic) bond motifs is 1. The van der Waals surface area contributed by atoms with Crippen LogP contribution in [0.25, 0.3) is 0 Å². The van der Waals surface area contributed by atoms with Gasteiger partial charge in [-0.3, -0.25) is 0 Å². The lowest BCUT2D eigenvalue weighted by atomic mass is 9.92. The molecule has 1 heterocycles. The van der Waals surface area contributed by atoms with Crippen LogP contribution in [0.4, 0.5) is 0 Å². The highest BCUT2D eigenvalue weighted by molar-refractivity contribution is 5.52. The first kappa shape index (κ1) is 9.08. The Bertz CT molecular complexity index is 401. The third-order valence-corrected chi connectivity index (χ3v) is 2.22. The zero-order chi connectivity index (χ0) is 10.2. The Morgan fingerprint density at radius 2 is 2.29 bits per heavy atom. The zero-order valence-electron chi connectivity index (χ0n) is 8.29. The Kier molecular flexibility index (Phi) is 1.96. The summed E-state index contributed by atoms with van der Waals surface area (Å²) in [5.41, 5.74) is 1.24. The number of hydrogen-bond donors (Lipinski definition) is 0. The summed E-state index contributed by atoms with van der Waals surface area (Å²) < 4.78 is 5.75. The van der Waals surface area contributed by atoms with Gasteiger partial charge in [0.2, 0.25) is 0 Å². The molecule has 0 N–H and O–H groups in total. The van der Waals surface area contributed by atoms with Gasteiger partial charge in [-0.15, -0.1) is 0 Å². The summed E-state index contributed by atoms with van der Waals surface area (Å²) in [5, 5.41) is 8.88. The monoisotopic (exact) mass is 185 g/mol. The topological polar surface area (TPSA) is 33.0 Å². The van der Waals surface area contributed by atoms with Gasteiger partial charge in [-0.2, -0.15) is 5.26 Å². The lowest BCUT2D eigenvalue weighted by molar-refractivity contribution is 0.0987. The Morgan fingerprint density at radius 3 is 3.00 bits per heavy atom. The lowest BCUT2D eigenvalue weighted by Crippen LogP contribution is -2.32. The van der Waals surface area contributed by atoms with Crippen molar-refractivity contribution in [2.24, 2.45) is 0 Å². The van der Waals surface area contributed by atoms with Crippen LogP contribution in [0.1, 0.15) is 31.4 Å². The average molecular weight is 185 g/mol. The van der Waals surface area contributed by atoms with Crippen LogP contribution in [0.3, 0.4) is 0 Å². The van der Waals surface area contributed by atoms with E-state index >= 15 is 0 Å². The maximum Gasteiger partial charge on any atom is 0.125 e. The predicted octanol–water partition coefficient (Wildman–Crippen LogP) is 2.55. The van der Waals surface area contributed by atoms with Crippen molar-refractivity contribution >= 4 is 0 Å². The molecule has 1 aromatic rings. The summed E-state index contributed by atoms with van der Waals surface area (Å²) in [6.45, 7) is 4.03. The minimum Gasteiger partial charge on any atom is -0.487 e. The van der Waals surface area contributed by atoms with E-state index in [0.717, 1.165) is 17.7 Å². The molecule has 0 atom stereocenters. The van der Waals surface area contributed by atoms with Crippen molar-refractivity contribution in [3.8, 4) is 11.8 Å². The molecule has 0 unspecified atom stereocenters. The van der Waals surface area contributed by atoms with Gasteiger partial charge in [-0.25, -0.2) is 0 Å². The van der Waals surface area contributed by atoms with E-state index in [1.807, 2.05) is 26.0 Å². The van der Waals surface area contributed by atoms with Crippen LogP contribution in [0.2, 0.25) is 0 Å². The molecule has 2 rings (SSSR count). The highest BCUT2D eigenvalue weighted by Crippen LogP contribution is 2.35. The smallest absolute Gasteiger partial charge is 0.125 e. The van der Waals surface area contributed by atoms with Crippen LogP contribution in [-0.4, -0.2) is 5.60 Å². The Morgan fingerprint density at radius 1 is 1.50 bits per heavy atom. The van der Waals surface area contributed by atoms with Gasteiger partial charge < -0.3 is 4.74 Å². The molecule has 0 bridgehead atoms. The second kappa shape index (κ2) is 3.02. The maximum atomic E-state index is 8.88. The molecule has 1 aliphatic heterocycles. The minimum absolute atomic E-state index is 0.207. The van der Waals surface area contributed by atoms with E-state index in [4.69, 9.17) is 10.00 Å². The molecule has 1 aromatic carbocycles. The molecule has 2 nitrogen and oxygen atoms in total. The van der Waals surface area contributed by atoms with Crippen molar-refractivity contribution < 1.29 is 4.74 Å². The van der Waals surface area contributed by atoms with Crippen LogP contribution in [0.15, 0.2) is 18.2 Å². The number of ether oxygens (including phenoxy) is 1. The zero-order valence-corrected chi connectivity index (χ0v) is 8.29. The molecule has 0 saturated carbocycles. The number of benzene rings is 1. The molecule has 0 fully saturated rings. The molecule has 2 radical (unpaired) electrons. The summed E-state index contributed by atoms with van der Waals surface area (Å²) in [5.74, 6) is 0.764. The first-order valence-electron chi connectivity index (χ1n) is 4.58. The van der Waals surface area contributed by atoms with Crippen molar-refractivity contribution in [3.63, 3.8) is 0 Å². The van der Waals surface area contributed by atoms with Crippen LogP contribution >= 0.6 is 0 Å². The summed E-state index contributed by atoms with van der Waals surface area (Å²) >= 11 is 0. The van der Waals surface area contributed by atoms with E-state index in [1.165, 1.54) is 0 Å². The first-order chi connectivity index (χ1) is 6.62. The minimum atomic E-state index is -0.207. The maximum absolute atomic E-state index is 8.88. The molecule has 70 valence electrons. The van der Waals surface area contributed by atoms with Gasteiger partial charge in [-0.1, -0.05) is 6.07 Å². The van der Waals surface area contributed by atoms with Gasteiger partial charge in [-0.05, 0) is 32.4 Å². The summed E-state index contributed by atoms with van der Waals surface area (Å²) in [7, 11) is 0. The van der Waals surface area contributed by atoms with Gasteiger partial charge in [0, 0.05) is 12.0 Å². The summed E-state index contributed by atoms with van der Waals surface area (Å²) in [4.78, 5) is 0. The van der Waals surface area contributed by atoms with Gasteiger partial charge in [0.05, 0.1) is 11.6 Å². The second-order valence-electron chi connectivity index (χ2n) is 4.01. The van der Waals surface area contributed by atoms with Gasteiger partial charge in [0.15, 0.2) is 0 Å². The predicted molar refractivity (Wildman–Crippen MR) is 52.8 cm³/mol. The third-order valence-electron chi connectivity index (χ3n) is 2.22. The normalized spacial score (nSPS) is 17.8. The molecular weight excluding hydrogens is 174 g/mol. The third kappa shape index (κ3) is 1.46. The van der Waals surface area contributed by atoms with Gasteiger partial charge in [0.25, 0.3) is 0 Å². The van der Waals surface area contributed by atoms with Gasteiger partial charge in [0.1, 0.15) is 11.4 Å². The van der Waals surface area contributed by atoms with E-state index in [2.05, 4.69) is 12.5 Å². The van der Waals surface area contributed by atoms with Crippen molar-refractivity contribution in [3.05, 3.63) is 35.7 Å². The number of hydrogen-bond acceptors (Lipinski definition) is 2. The molecule has 0 spiro atoms. The lowest BCUT2D eigenvalue weighted by Gasteiger charge is -2.32. The molecule has 0 saturated heterocycles. The van der Waals surface area contributed by atoms with E-state index < -0.39 is 0 Å². The summed E-state index contributed by atoms with van der Waals surface area (Å²) in [6.07, 6.45) is 3.95. The van der Waals surface area contributed by atoms with Gasteiger partial charge >= 0.3 is 0 Å². The SMILES string of the molecule is CC1(C)C[C]c2c(C#N)cccc2O1. The fourth-order valence-electron chi connectivity index (χ4n) is 1.53. The quantitative estimate of drug-likeness (QED) is 0.622. The molecule has 0 aliphatic carbocycles. The van der Waals surface area contributed by atoms with Crippen molar-refractivity contribution in [1.82, 2.24) is 0 Å². The standard InChI is InChI=1S/C12H11NO/c1-12(2)7-6-10-9(8-13)4-3-5-11(10)14-12/h3-5H,7H2,1-2H3. The Balaban J connectivity index is 2.47. The molecule has 1 aliphatic rings. The van der Waals surface area contributed by atoms with E-state index in [0.29, 0.717) is 5.56 Å². The van der Waals surface area contributed by atoms with Crippen LogP contribution in [-0.2, 0) is 0 Å². The van der Waals surface area contributed by atoms with Crippen molar-refractivity contribution in [2.75, 3.05) is 0 Å². The average Bonchev–Trinajstić information content (AvgIpc) is 2.15. The van der Waals surface area contributed by atoms with Crippen molar-refractivity contribution in [1.29, 1.82) is 5.26 Å². The molecule has 0 aromatic heterocycles. The van der Waals surface area contributed by atoms with Crippen LogP contribution < -0.4 is 4.74 Å². The molecule has 2 heteroatoms. The highest BCUT2D eigenvalue weighted by atomic mass is 16.5. The number of nitrogens with zero attached hydrogens (tertiary/aromatic N) is 1. The van der Waals surface area contributed by atoms with Crippen LogP contribution in [0.5, 0.6) is 5.75 Å². The fraction of sp³-hybridized carbons (Fsp3) is 0.333. The molecule has 0 amide bonds. The highest BCUT2D eigenvalue weighted by Gasteiger charge is 2.28. The summed E-state index contributed by atoms with van der Waals surface area (Å²) in [6, 6.07) is 7.64. The van der Waals surface area contributed by atoms with E-state index in [9.17, 15) is 0 Å². The molecular formula is C12H11NO. The second-order valence-corrected chi connectivity index (χ2v) is 4.01. The molecule has 14 heavy (non-hydrogen) atoms. The first-order valence-corrected chi connectivity index (χ1v) is 4.58. The Hall–Kier alpha value is -1.49. The Labute approximate surface area is 84.1 Å². The number of nitriles is 1.